The van der Waals surface area contributed by atoms with Gasteiger partial charge in [-0.15, -0.1) is 0 Å². The van der Waals surface area contributed by atoms with Gasteiger partial charge in [0, 0.05) is 13.1 Å². The molecule has 0 aliphatic heterocycles. The van der Waals surface area contributed by atoms with E-state index in [0.29, 0.717) is 13.0 Å². The van der Waals surface area contributed by atoms with Gasteiger partial charge >= 0.3 is 12.0 Å². The minimum absolute atomic E-state index is 0.111. The van der Waals surface area contributed by atoms with Crippen molar-refractivity contribution in [3.8, 4) is 0 Å². The number of hydrogen-bond donors (Lipinski definition) is 3. The number of primary amides is 1. The van der Waals surface area contributed by atoms with Crippen molar-refractivity contribution in [3.05, 3.63) is 0 Å². The van der Waals surface area contributed by atoms with Crippen LogP contribution < -0.4 is 11.1 Å². The average molecular weight is 287 g/mol. The third-order valence-corrected chi connectivity index (χ3v) is 2.93. The fourth-order valence-corrected chi connectivity index (χ4v) is 1.87. The summed E-state index contributed by atoms with van der Waals surface area (Å²) >= 11 is 0. The van der Waals surface area contributed by atoms with Crippen molar-refractivity contribution in [2.75, 3.05) is 13.1 Å². The average Bonchev–Trinajstić information content (AvgIpc) is 2.32. The summed E-state index contributed by atoms with van der Waals surface area (Å²) in [7, 11) is 0. The number of nitrogens with one attached hydrogen (secondary N) is 1. The first-order valence-electron chi connectivity index (χ1n) is 6.76. The summed E-state index contributed by atoms with van der Waals surface area (Å²) in [6.07, 6.45) is 0.458. The highest BCUT2D eigenvalue weighted by Gasteiger charge is 2.27. The molecule has 7 heteroatoms. The van der Waals surface area contributed by atoms with Gasteiger partial charge in [-0.25, -0.2) is 4.79 Å². The van der Waals surface area contributed by atoms with E-state index in [0.717, 1.165) is 0 Å². The maximum atomic E-state index is 12.4. The number of rotatable bonds is 8. The van der Waals surface area contributed by atoms with Crippen molar-refractivity contribution >= 4 is 17.9 Å². The second-order valence-corrected chi connectivity index (χ2v) is 5.31. The lowest BCUT2D eigenvalue weighted by atomic mass is 10.0. The second kappa shape index (κ2) is 8.39. The van der Waals surface area contributed by atoms with Gasteiger partial charge in [-0.05, 0) is 19.3 Å². The van der Waals surface area contributed by atoms with Gasteiger partial charge in [-0.3, -0.25) is 9.59 Å². The van der Waals surface area contributed by atoms with Gasteiger partial charge in [0.1, 0.15) is 6.04 Å². The SMILES string of the molecule is CCN(CC(C)C(=O)O)C(=O)C(CC(C)C)NC(N)=O. The molecular formula is C13H25N3O4. The summed E-state index contributed by atoms with van der Waals surface area (Å²) < 4.78 is 0. The number of amides is 3. The zero-order chi connectivity index (χ0) is 15.9. The molecule has 20 heavy (non-hydrogen) atoms. The lowest BCUT2D eigenvalue weighted by molar-refractivity contribution is -0.143. The molecule has 2 unspecified atom stereocenters. The summed E-state index contributed by atoms with van der Waals surface area (Å²) in [5, 5.41) is 11.3. The molecule has 3 amide bonds. The van der Waals surface area contributed by atoms with Crippen molar-refractivity contribution in [2.45, 2.75) is 40.2 Å². The van der Waals surface area contributed by atoms with Crippen LogP contribution in [0.15, 0.2) is 0 Å². The van der Waals surface area contributed by atoms with Crippen LogP contribution in [0.4, 0.5) is 4.79 Å². The van der Waals surface area contributed by atoms with E-state index < -0.39 is 24.0 Å². The predicted molar refractivity (Wildman–Crippen MR) is 75.0 cm³/mol. The lowest BCUT2D eigenvalue weighted by Gasteiger charge is -2.28. The number of carboxylic acids is 1. The van der Waals surface area contributed by atoms with Crippen LogP contribution >= 0.6 is 0 Å². The Morgan fingerprint density at radius 3 is 2.15 bits per heavy atom. The molecule has 2 atom stereocenters. The van der Waals surface area contributed by atoms with Gasteiger partial charge in [-0.2, -0.15) is 0 Å². The van der Waals surface area contributed by atoms with Crippen LogP contribution in [0.2, 0.25) is 0 Å². The van der Waals surface area contributed by atoms with Crippen LogP contribution in [0, 0.1) is 11.8 Å². The Balaban J connectivity index is 4.88. The predicted octanol–water partition coefficient (Wildman–Crippen LogP) is 0.639. The molecule has 116 valence electrons. The molecule has 0 aromatic carbocycles. The Labute approximate surface area is 119 Å². The van der Waals surface area contributed by atoms with Crippen molar-refractivity contribution in [1.82, 2.24) is 10.2 Å². The van der Waals surface area contributed by atoms with Crippen LogP contribution in [0.25, 0.3) is 0 Å². The number of aliphatic carboxylic acids is 1. The summed E-state index contributed by atoms with van der Waals surface area (Å²) in [6, 6.07) is -1.47. The Kier molecular flexibility index (Phi) is 7.64. The minimum Gasteiger partial charge on any atom is -0.481 e. The standard InChI is InChI=1S/C13H25N3O4/c1-5-16(7-9(4)12(18)19)11(17)10(6-8(2)3)15-13(14)20/h8-10H,5-7H2,1-4H3,(H,18,19)(H3,14,15,20). The molecule has 0 saturated heterocycles. The highest BCUT2D eigenvalue weighted by Crippen LogP contribution is 2.10. The normalized spacial score (nSPS) is 13.7. The first kappa shape index (κ1) is 18.2. The van der Waals surface area contributed by atoms with E-state index >= 15 is 0 Å². The highest BCUT2D eigenvalue weighted by atomic mass is 16.4. The number of hydrogen-bond acceptors (Lipinski definition) is 3. The number of carbonyl (C=O) groups is 3. The van der Waals surface area contributed by atoms with Crippen LogP contribution in [-0.2, 0) is 9.59 Å². The molecule has 0 radical (unpaired) electrons. The molecule has 0 saturated carbocycles. The lowest BCUT2D eigenvalue weighted by Crippen LogP contribution is -2.51. The first-order chi connectivity index (χ1) is 9.18. The Morgan fingerprint density at radius 1 is 1.25 bits per heavy atom. The maximum Gasteiger partial charge on any atom is 0.312 e. The number of likely N-dealkylation sites (N-methyl/N-ethyl adjacent to an activating group) is 1. The molecule has 0 bridgehead atoms. The van der Waals surface area contributed by atoms with Gasteiger partial charge in [-0.1, -0.05) is 20.8 Å². The van der Waals surface area contributed by atoms with Crippen LogP contribution in [-0.4, -0.2) is 47.0 Å². The second-order valence-electron chi connectivity index (χ2n) is 5.31. The van der Waals surface area contributed by atoms with Crippen LogP contribution in [0.3, 0.4) is 0 Å². The molecule has 0 fully saturated rings. The third-order valence-electron chi connectivity index (χ3n) is 2.93. The van der Waals surface area contributed by atoms with Crippen molar-refractivity contribution < 1.29 is 19.5 Å². The topological polar surface area (TPSA) is 113 Å². The van der Waals surface area contributed by atoms with Gasteiger partial charge in [0.2, 0.25) is 5.91 Å². The fourth-order valence-electron chi connectivity index (χ4n) is 1.87. The summed E-state index contributed by atoms with van der Waals surface area (Å²) in [5.41, 5.74) is 5.08. The van der Waals surface area contributed by atoms with Crippen LogP contribution in [0.5, 0.6) is 0 Å². The minimum atomic E-state index is -0.959. The van der Waals surface area contributed by atoms with E-state index in [1.165, 1.54) is 11.8 Å². The van der Waals surface area contributed by atoms with Crippen LogP contribution in [0.1, 0.15) is 34.1 Å². The Hall–Kier alpha value is -1.79. The maximum absolute atomic E-state index is 12.4. The zero-order valence-corrected chi connectivity index (χ0v) is 12.5. The number of urea groups is 1. The van der Waals surface area contributed by atoms with E-state index in [2.05, 4.69) is 5.32 Å². The number of nitrogens with two attached hydrogens (primary N) is 1. The highest BCUT2D eigenvalue weighted by molar-refractivity contribution is 5.87. The first-order valence-corrected chi connectivity index (χ1v) is 6.76. The van der Waals surface area contributed by atoms with E-state index in [1.807, 2.05) is 13.8 Å². The van der Waals surface area contributed by atoms with E-state index in [-0.39, 0.29) is 18.4 Å². The summed E-state index contributed by atoms with van der Waals surface area (Å²) in [6.45, 7) is 7.66. The molecular weight excluding hydrogens is 262 g/mol. The molecule has 0 aromatic rings. The van der Waals surface area contributed by atoms with Crippen molar-refractivity contribution in [1.29, 1.82) is 0 Å². The number of carboxylic acid groups (broad SMARTS) is 1. The monoisotopic (exact) mass is 287 g/mol. The molecule has 0 aliphatic rings. The molecule has 0 aliphatic carbocycles. The molecule has 0 rings (SSSR count). The van der Waals surface area contributed by atoms with Gasteiger partial charge in [0.15, 0.2) is 0 Å². The smallest absolute Gasteiger partial charge is 0.312 e. The summed E-state index contributed by atoms with van der Waals surface area (Å²) in [5.74, 6) is -1.72. The molecule has 0 aromatic heterocycles. The van der Waals surface area contributed by atoms with E-state index in [1.54, 1.807) is 6.92 Å². The van der Waals surface area contributed by atoms with Gasteiger partial charge in [0.25, 0.3) is 0 Å². The molecule has 0 heterocycles. The number of carbonyl (C=O) groups excluding carboxylic acids is 2. The quantitative estimate of drug-likeness (QED) is 0.608. The van der Waals surface area contributed by atoms with E-state index in [4.69, 9.17) is 10.8 Å². The summed E-state index contributed by atoms with van der Waals surface area (Å²) in [4.78, 5) is 35.7. The third kappa shape index (κ3) is 6.40. The largest absolute Gasteiger partial charge is 0.481 e. The Bertz CT molecular complexity index is 358. The Morgan fingerprint density at radius 2 is 1.80 bits per heavy atom. The zero-order valence-electron chi connectivity index (χ0n) is 12.5. The van der Waals surface area contributed by atoms with Gasteiger partial charge in [0.05, 0.1) is 5.92 Å². The van der Waals surface area contributed by atoms with E-state index in [9.17, 15) is 14.4 Å². The van der Waals surface area contributed by atoms with Gasteiger partial charge < -0.3 is 21.1 Å². The molecule has 4 N–H and O–H groups in total. The van der Waals surface area contributed by atoms with Crippen molar-refractivity contribution in [2.24, 2.45) is 17.6 Å². The molecule has 7 nitrogen and oxygen atoms in total. The fraction of sp³-hybridized carbons (Fsp3) is 0.769. The molecule has 0 spiro atoms. The number of nitrogens with zero attached hydrogens (tertiary/aromatic N) is 1. The van der Waals surface area contributed by atoms with Crippen molar-refractivity contribution in [3.63, 3.8) is 0 Å².